The lowest BCUT2D eigenvalue weighted by atomic mass is 9.83. The number of hydrogen-bond donors (Lipinski definition) is 1. The molecule has 0 aromatic carbocycles. The van der Waals surface area contributed by atoms with E-state index in [0.717, 1.165) is 24.1 Å². The van der Waals surface area contributed by atoms with E-state index in [1.807, 2.05) is 0 Å². The molecule has 1 N–H and O–H groups in total. The van der Waals surface area contributed by atoms with Gasteiger partial charge < -0.3 is 10.2 Å². The molecular weight excluding hydrogens is 260 g/mol. The van der Waals surface area contributed by atoms with Crippen LogP contribution < -0.4 is 5.32 Å². The highest BCUT2D eigenvalue weighted by atomic mass is 15.1. The zero-order valence-corrected chi connectivity index (χ0v) is 13.4. The molecule has 4 nitrogen and oxygen atoms in total. The predicted molar refractivity (Wildman–Crippen MR) is 86.7 cm³/mol. The number of piperidine rings is 1. The lowest BCUT2D eigenvalue weighted by Gasteiger charge is -2.32. The van der Waals surface area contributed by atoms with Crippen molar-refractivity contribution in [3.8, 4) is 0 Å². The van der Waals surface area contributed by atoms with Gasteiger partial charge in [0.15, 0.2) is 0 Å². The van der Waals surface area contributed by atoms with Gasteiger partial charge in [-0.2, -0.15) is 0 Å². The fourth-order valence-electron chi connectivity index (χ4n) is 3.43. The zero-order chi connectivity index (χ0) is 14.7. The van der Waals surface area contributed by atoms with Gasteiger partial charge in [-0.05, 0) is 57.7 Å². The number of rotatable bonds is 5. The van der Waals surface area contributed by atoms with E-state index in [2.05, 4.69) is 35.1 Å². The van der Waals surface area contributed by atoms with Gasteiger partial charge in [-0.3, -0.25) is 0 Å². The van der Waals surface area contributed by atoms with E-state index in [0.29, 0.717) is 5.92 Å². The molecular formula is C17H28N4. The summed E-state index contributed by atoms with van der Waals surface area (Å²) in [7, 11) is 0. The van der Waals surface area contributed by atoms with Crippen LogP contribution in [-0.2, 0) is 0 Å². The van der Waals surface area contributed by atoms with E-state index in [9.17, 15) is 0 Å². The molecule has 0 radical (unpaired) electrons. The normalized spacial score (nSPS) is 23.8. The van der Waals surface area contributed by atoms with E-state index >= 15 is 0 Å². The molecule has 2 fully saturated rings. The van der Waals surface area contributed by atoms with Gasteiger partial charge in [0.25, 0.3) is 0 Å². The summed E-state index contributed by atoms with van der Waals surface area (Å²) in [5.74, 6) is 2.25. The minimum absolute atomic E-state index is 0.678. The molecule has 1 saturated heterocycles. The quantitative estimate of drug-likeness (QED) is 0.903. The summed E-state index contributed by atoms with van der Waals surface area (Å²) in [5.41, 5.74) is 2.34. The SMILES string of the molecule is CCN1CCC[C@@H](CNc2nc(C)cc(C3CCC3)n2)C1. The van der Waals surface area contributed by atoms with Crippen molar-refractivity contribution in [2.45, 2.75) is 51.9 Å². The fourth-order valence-corrected chi connectivity index (χ4v) is 3.43. The molecule has 2 aliphatic rings. The molecule has 1 aliphatic heterocycles. The summed E-state index contributed by atoms with van der Waals surface area (Å²) in [5, 5.41) is 3.49. The zero-order valence-electron chi connectivity index (χ0n) is 13.4. The highest BCUT2D eigenvalue weighted by molar-refractivity contribution is 5.30. The second-order valence-electron chi connectivity index (χ2n) is 6.67. The third-order valence-electron chi connectivity index (χ3n) is 5.00. The molecule has 1 aromatic heterocycles. The molecule has 0 bridgehead atoms. The van der Waals surface area contributed by atoms with Crippen LogP contribution in [0.2, 0.25) is 0 Å². The lowest BCUT2D eigenvalue weighted by molar-refractivity contribution is 0.189. The Hall–Kier alpha value is -1.16. The van der Waals surface area contributed by atoms with Crippen molar-refractivity contribution < 1.29 is 0 Å². The summed E-state index contributed by atoms with van der Waals surface area (Å²) in [6.07, 6.45) is 6.59. The number of nitrogens with one attached hydrogen (secondary N) is 1. The first kappa shape index (κ1) is 14.8. The molecule has 0 spiro atoms. The predicted octanol–water partition coefficient (Wildman–Crippen LogP) is 3.20. The standard InChI is InChI=1S/C17H28N4/c1-3-21-9-5-6-14(12-21)11-18-17-19-13(2)10-16(20-17)15-7-4-8-15/h10,14-15H,3-9,11-12H2,1-2H3,(H,18,19,20)/t14-/m0/s1. The van der Waals surface area contributed by atoms with Gasteiger partial charge in [0.2, 0.25) is 5.95 Å². The number of aryl methyl sites for hydroxylation is 1. The minimum atomic E-state index is 0.678. The average molecular weight is 288 g/mol. The maximum Gasteiger partial charge on any atom is 0.223 e. The van der Waals surface area contributed by atoms with Crippen molar-refractivity contribution in [2.24, 2.45) is 5.92 Å². The molecule has 4 heteroatoms. The Kier molecular flexibility index (Phi) is 4.73. The van der Waals surface area contributed by atoms with Crippen LogP contribution in [0.25, 0.3) is 0 Å². The van der Waals surface area contributed by atoms with Crippen molar-refractivity contribution in [3.05, 3.63) is 17.5 Å². The second-order valence-corrected chi connectivity index (χ2v) is 6.67. The third kappa shape index (κ3) is 3.73. The Morgan fingerprint density at radius 2 is 2.10 bits per heavy atom. The van der Waals surface area contributed by atoms with Crippen molar-refractivity contribution in [1.82, 2.24) is 14.9 Å². The Bertz CT molecular complexity index is 470. The second kappa shape index (κ2) is 6.73. The van der Waals surface area contributed by atoms with E-state index in [1.165, 1.54) is 57.4 Å². The number of aromatic nitrogens is 2. The first-order chi connectivity index (χ1) is 10.2. The van der Waals surface area contributed by atoms with E-state index in [1.54, 1.807) is 0 Å². The molecule has 0 amide bonds. The maximum absolute atomic E-state index is 4.74. The minimum Gasteiger partial charge on any atom is -0.354 e. The summed E-state index contributed by atoms with van der Waals surface area (Å²) in [4.78, 5) is 11.9. The van der Waals surface area contributed by atoms with Gasteiger partial charge in [-0.15, -0.1) is 0 Å². The van der Waals surface area contributed by atoms with Gasteiger partial charge in [-0.1, -0.05) is 13.3 Å². The third-order valence-corrected chi connectivity index (χ3v) is 5.00. The van der Waals surface area contributed by atoms with Gasteiger partial charge in [0.1, 0.15) is 0 Å². The van der Waals surface area contributed by atoms with Crippen LogP contribution in [0.5, 0.6) is 0 Å². The Labute approximate surface area is 128 Å². The van der Waals surface area contributed by atoms with Crippen LogP contribution in [0.1, 0.15) is 56.3 Å². The van der Waals surface area contributed by atoms with Crippen molar-refractivity contribution in [2.75, 3.05) is 31.5 Å². The molecule has 2 heterocycles. The van der Waals surface area contributed by atoms with Crippen molar-refractivity contribution in [3.63, 3.8) is 0 Å². The van der Waals surface area contributed by atoms with Crippen LogP contribution in [0.4, 0.5) is 5.95 Å². The maximum atomic E-state index is 4.74. The number of nitrogens with zero attached hydrogens (tertiary/aromatic N) is 3. The van der Waals surface area contributed by atoms with Crippen LogP contribution in [0.15, 0.2) is 6.07 Å². The van der Waals surface area contributed by atoms with Crippen LogP contribution in [-0.4, -0.2) is 41.0 Å². The van der Waals surface area contributed by atoms with Crippen molar-refractivity contribution >= 4 is 5.95 Å². The largest absolute Gasteiger partial charge is 0.354 e. The van der Waals surface area contributed by atoms with Crippen LogP contribution in [0, 0.1) is 12.8 Å². The molecule has 21 heavy (non-hydrogen) atoms. The average Bonchev–Trinajstić information content (AvgIpc) is 2.43. The molecule has 1 aliphatic carbocycles. The molecule has 116 valence electrons. The molecule has 1 aromatic rings. The highest BCUT2D eigenvalue weighted by Gasteiger charge is 2.22. The summed E-state index contributed by atoms with van der Waals surface area (Å²) < 4.78 is 0. The first-order valence-electron chi connectivity index (χ1n) is 8.56. The summed E-state index contributed by atoms with van der Waals surface area (Å²) >= 11 is 0. The molecule has 0 unspecified atom stereocenters. The molecule has 1 atom stereocenters. The van der Waals surface area contributed by atoms with Crippen LogP contribution >= 0.6 is 0 Å². The van der Waals surface area contributed by atoms with Gasteiger partial charge in [0, 0.05) is 30.4 Å². The van der Waals surface area contributed by atoms with E-state index < -0.39 is 0 Å². The van der Waals surface area contributed by atoms with E-state index in [-0.39, 0.29) is 0 Å². The van der Waals surface area contributed by atoms with Gasteiger partial charge in [0.05, 0.1) is 0 Å². The van der Waals surface area contributed by atoms with Crippen LogP contribution in [0.3, 0.4) is 0 Å². The van der Waals surface area contributed by atoms with Gasteiger partial charge >= 0.3 is 0 Å². The Balaban J connectivity index is 1.58. The number of anilines is 1. The Morgan fingerprint density at radius 3 is 2.81 bits per heavy atom. The fraction of sp³-hybridized carbons (Fsp3) is 0.765. The number of hydrogen-bond acceptors (Lipinski definition) is 4. The smallest absolute Gasteiger partial charge is 0.223 e. The first-order valence-corrected chi connectivity index (χ1v) is 8.56. The summed E-state index contributed by atoms with van der Waals surface area (Å²) in [6.45, 7) is 8.98. The van der Waals surface area contributed by atoms with Gasteiger partial charge in [-0.25, -0.2) is 9.97 Å². The topological polar surface area (TPSA) is 41.0 Å². The van der Waals surface area contributed by atoms with Crippen molar-refractivity contribution in [1.29, 1.82) is 0 Å². The molecule has 1 saturated carbocycles. The number of likely N-dealkylation sites (tertiary alicyclic amines) is 1. The lowest BCUT2D eigenvalue weighted by Crippen LogP contribution is -2.38. The van der Waals surface area contributed by atoms with E-state index in [4.69, 9.17) is 4.98 Å². The monoisotopic (exact) mass is 288 g/mol. The summed E-state index contributed by atoms with van der Waals surface area (Å²) in [6, 6.07) is 2.16. The molecule has 3 rings (SSSR count). The Morgan fingerprint density at radius 1 is 1.24 bits per heavy atom. The highest BCUT2D eigenvalue weighted by Crippen LogP contribution is 2.35.